The maximum Gasteiger partial charge on any atom is 0.273 e. The van der Waals surface area contributed by atoms with Crippen molar-refractivity contribution in [3.8, 4) is 0 Å². The lowest BCUT2D eigenvalue weighted by molar-refractivity contribution is 0.0907. The normalized spacial score (nSPS) is 23.7. The summed E-state index contributed by atoms with van der Waals surface area (Å²) < 4.78 is 1.84. The lowest BCUT2D eigenvalue weighted by atomic mass is 9.86. The molecule has 25 heavy (non-hydrogen) atoms. The van der Waals surface area contributed by atoms with Gasteiger partial charge >= 0.3 is 0 Å². The van der Waals surface area contributed by atoms with Gasteiger partial charge in [0.05, 0.1) is 12.2 Å². The molecule has 0 spiro atoms. The highest BCUT2D eigenvalue weighted by Crippen LogP contribution is 2.24. The summed E-state index contributed by atoms with van der Waals surface area (Å²) in [6, 6.07) is 11.1. The number of amides is 1. The molecule has 2 aliphatic rings. The van der Waals surface area contributed by atoms with Crippen LogP contribution in [0.25, 0.3) is 0 Å². The highest BCUT2D eigenvalue weighted by molar-refractivity contribution is 5.92. The van der Waals surface area contributed by atoms with Crippen LogP contribution in [0, 0.1) is 0 Å². The number of carbonyl (C=O) groups is 1. The molecule has 132 valence electrons. The average Bonchev–Trinajstić information content (AvgIpc) is 3.12. The first kappa shape index (κ1) is 16.1. The van der Waals surface area contributed by atoms with Crippen molar-refractivity contribution in [3.63, 3.8) is 0 Å². The summed E-state index contributed by atoms with van der Waals surface area (Å²) >= 11 is 0. The smallest absolute Gasteiger partial charge is 0.273 e. The molecule has 0 bridgehead atoms. The third kappa shape index (κ3) is 3.82. The number of piperidine rings is 1. The monoisotopic (exact) mass is 340 g/mol. The topological polar surface area (TPSA) is 83.9 Å². The second-order valence-corrected chi connectivity index (χ2v) is 6.91. The van der Waals surface area contributed by atoms with E-state index < -0.39 is 0 Å². The standard InChI is InChI=1S/C18H24N6O/c25-18(17-12-24(23-22-17)16-6-8-19-9-7-16)21-15-10-14(11-15)20-13-4-2-1-3-5-13/h1-5,12,14-16,19-20H,6-11H2,(H,21,25). The van der Waals surface area contributed by atoms with E-state index in [1.54, 1.807) is 6.20 Å². The Morgan fingerprint density at radius 2 is 1.88 bits per heavy atom. The fourth-order valence-corrected chi connectivity index (χ4v) is 3.51. The Morgan fingerprint density at radius 1 is 1.12 bits per heavy atom. The van der Waals surface area contributed by atoms with Crippen molar-refractivity contribution in [2.24, 2.45) is 0 Å². The van der Waals surface area contributed by atoms with E-state index in [1.807, 2.05) is 22.9 Å². The van der Waals surface area contributed by atoms with Crippen LogP contribution in [0.15, 0.2) is 36.5 Å². The summed E-state index contributed by atoms with van der Waals surface area (Å²) in [6.07, 6.45) is 5.70. The minimum Gasteiger partial charge on any atom is -0.382 e. The predicted molar refractivity (Wildman–Crippen MR) is 95.5 cm³/mol. The summed E-state index contributed by atoms with van der Waals surface area (Å²) in [6.45, 7) is 1.98. The Hall–Kier alpha value is -2.41. The Balaban J connectivity index is 1.25. The predicted octanol–water partition coefficient (Wildman–Crippen LogP) is 1.58. The van der Waals surface area contributed by atoms with Crippen LogP contribution in [-0.4, -0.2) is 46.1 Å². The van der Waals surface area contributed by atoms with E-state index >= 15 is 0 Å². The molecule has 2 heterocycles. The fraction of sp³-hybridized carbons (Fsp3) is 0.500. The Morgan fingerprint density at radius 3 is 2.64 bits per heavy atom. The van der Waals surface area contributed by atoms with Crippen molar-refractivity contribution < 1.29 is 4.79 Å². The maximum atomic E-state index is 12.3. The minimum atomic E-state index is -0.122. The highest BCUT2D eigenvalue weighted by Gasteiger charge is 2.31. The second kappa shape index (κ2) is 7.23. The third-order valence-corrected chi connectivity index (χ3v) is 5.04. The van der Waals surface area contributed by atoms with E-state index in [1.165, 1.54) is 0 Å². The third-order valence-electron chi connectivity index (χ3n) is 5.04. The Kier molecular flexibility index (Phi) is 4.65. The quantitative estimate of drug-likeness (QED) is 0.770. The van der Waals surface area contributed by atoms with Crippen LogP contribution in [0.1, 0.15) is 42.2 Å². The van der Waals surface area contributed by atoms with Gasteiger partial charge in [0.25, 0.3) is 5.91 Å². The number of benzene rings is 1. The molecule has 4 rings (SSSR count). The summed E-state index contributed by atoms with van der Waals surface area (Å²) in [7, 11) is 0. The van der Waals surface area contributed by atoms with Gasteiger partial charge in [-0.05, 0) is 50.9 Å². The number of carbonyl (C=O) groups excluding carboxylic acids is 1. The summed E-state index contributed by atoms with van der Waals surface area (Å²) in [4.78, 5) is 12.3. The minimum absolute atomic E-state index is 0.122. The Bertz CT molecular complexity index is 703. The lowest BCUT2D eigenvalue weighted by Crippen LogP contribution is -2.49. The van der Waals surface area contributed by atoms with E-state index in [-0.39, 0.29) is 11.9 Å². The first-order valence-electron chi connectivity index (χ1n) is 9.03. The van der Waals surface area contributed by atoms with Gasteiger partial charge < -0.3 is 16.0 Å². The SMILES string of the molecule is O=C(NC1CC(Nc2ccccc2)C1)c1cn(C2CCNCC2)nn1. The van der Waals surface area contributed by atoms with Crippen molar-refractivity contribution in [2.75, 3.05) is 18.4 Å². The van der Waals surface area contributed by atoms with Crippen LogP contribution in [0.2, 0.25) is 0 Å². The number of rotatable bonds is 5. The van der Waals surface area contributed by atoms with Gasteiger partial charge in [0.15, 0.2) is 5.69 Å². The van der Waals surface area contributed by atoms with Crippen molar-refractivity contribution in [3.05, 3.63) is 42.2 Å². The van der Waals surface area contributed by atoms with Crippen LogP contribution >= 0.6 is 0 Å². The van der Waals surface area contributed by atoms with Crippen LogP contribution in [-0.2, 0) is 0 Å². The molecule has 0 radical (unpaired) electrons. The summed E-state index contributed by atoms with van der Waals surface area (Å²) in [5, 5.41) is 18.1. The van der Waals surface area contributed by atoms with E-state index in [4.69, 9.17) is 0 Å². The van der Waals surface area contributed by atoms with E-state index in [0.717, 1.165) is 44.5 Å². The molecule has 2 fully saturated rings. The molecule has 2 aromatic rings. The number of aromatic nitrogens is 3. The lowest BCUT2D eigenvalue weighted by Gasteiger charge is -2.36. The molecule has 1 aliphatic carbocycles. The molecule has 1 aromatic carbocycles. The van der Waals surface area contributed by atoms with Crippen LogP contribution in [0.3, 0.4) is 0 Å². The zero-order valence-corrected chi connectivity index (χ0v) is 14.2. The van der Waals surface area contributed by atoms with Gasteiger partial charge in [-0.25, -0.2) is 4.68 Å². The number of nitrogens with zero attached hydrogens (tertiary/aromatic N) is 3. The molecular weight excluding hydrogens is 316 g/mol. The van der Waals surface area contributed by atoms with Crippen LogP contribution in [0.4, 0.5) is 5.69 Å². The van der Waals surface area contributed by atoms with Gasteiger partial charge in [0.1, 0.15) is 0 Å². The molecule has 1 aliphatic heterocycles. The van der Waals surface area contributed by atoms with E-state index in [0.29, 0.717) is 17.8 Å². The molecule has 0 atom stereocenters. The van der Waals surface area contributed by atoms with Gasteiger partial charge in [-0.2, -0.15) is 0 Å². The Labute approximate surface area is 147 Å². The first-order valence-corrected chi connectivity index (χ1v) is 9.03. The molecule has 1 amide bonds. The number of hydrogen-bond acceptors (Lipinski definition) is 5. The molecular formula is C18H24N6O. The zero-order valence-electron chi connectivity index (χ0n) is 14.2. The van der Waals surface area contributed by atoms with Gasteiger partial charge in [-0.15, -0.1) is 5.10 Å². The van der Waals surface area contributed by atoms with Crippen LogP contribution in [0.5, 0.6) is 0 Å². The van der Waals surface area contributed by atoms with E-state index in [2.05, 4.69) is 38.4 Å². The average molecular weight is 340 g/mol. The molecule has 7 heteroatoms. The second-order valence-electron chi connectivity index (χ2n) is 6.91. The number of nitrogens with one attached hydrogen (secondary N) is 3. The largest absolute Gasteiger partial charge is 0.382 e. The fourth-order valence-electron chi connectivity index (χ4n) is 3.51. The molecule has 3 N–H and O–H groups in total. The molecule has 7 nitrogen and oxygen atoms in total. The molecule has 1 saturated carbocycles. The molecule has 1 saturated heterocycles. The van der Waals surface area contributed by atoms with Crippen LogP contribution < -0.4 is 16.0 Å². The number of hydrogen-bond donors (Lipinski definition) is 3. The number of para-hydroxylation sites is 1. The first-order chi connectivity index (χ1) is 12.3. The van der Waals surface area contributed by atoms with Gasteiger partial charge in [-0.1, -0.05) is 23.4 Å². The molecule has 1 aromatic heterocycles. The highest BCUT2D eigenvalue weighted by atomic mass is 16.2. The van der Waals surface area contributed by atoms with E-state index in [9.17, 15) is 4.79 Å². The van der Waals surface area contributed by atoms with Crippen molar-refractivity contribution in [1.82, 2.24) is 25.6 Å². The zero-order chi connectivity index (χ0) is 17.1. The molecule has 0 unspecified atom stereocenters. The van der Waals surface area contributed by atoms with Crippen molar-refractivity contribution in [2.45, 2.75) is 43.8 Å². The van der Waals surface area contributed by atoms with Gasteiger partial charge in [0.2, 0.25) is 0 Å². The van der Waals surface area contributed by atoms with Gasteiger partial charge in [0, 0.05) is 17.8 Å². The summed E-state index contributed by atoms with van der Waals surface area (Å²) in [5.41, 5.74) is 1.54. The van der Waals surface area contributed by atoms with Crippen molar-refractivity contribution >= 4 is 11.6 Å². The van der Waals surface area contributed by atoms with Gasteiger partial charge in [-0.3, -0.25) is 4.79 Å². The maximum absolute atomic E-state index is 12.3. The summed E-state index contributed by atoms with van der Waals surface area (Å²) in [5.74, 6) is -0.122. The van der Waals surface area contributed by atoms with Crippen molar-refractivity contribution in [1.29, 1.82) is 0 Å². The number of anilines is 1.